The number of furan rings is 1. The topological polar surface area (TPSA) is 36.7 Å². The Hall–Kier alpha value is -0.810. The minimum absolute atomic E-state index is 0.0427. The molecule has 0 aromatic carbocycles. The lowest BCUT2D eigenvalue weighted by Crippen LogP contribution is -2.48. The molecule has 3 heterocycles. The zero-order chi connectivity index (χ0) is 14.1. The molecule has 0 aliphatic carbocycles. The van der Waals surface area contributed by atoms with Gasteiger partial charge in [-0.25, -0.2) is 0 Å². The number of halogens is 1. The number of hydrogen-bond donors (Lipinski definition) is 0. The summed E-state index contributed by atoms with van der Waals surface area (Å²) in [5, 5.41) is 0. The van der Waals surface area contributed by atoms with E-state index in [1.165, 1.54) is 19.4 Å². The third-order valence-corrected chi connectivity index (χ3v) is 5.03. The molecule has 3 rings (SSSR count). The average Bonchev–Trinajstić information content (AvgIpc) is 3.16. The third kappa shape index (κ3) is 2.53. The van der Waals surface area contributed by atoms with Crippen LogP contribution in [0.3, 0.4) is 0 Å². The smallest absolute Gasteiger partial charge is 0.289 e. The Morgan fingerprint density at radius 1 is 1.30 bits per heavy atom. The van der Waals surface area contributed by atoms with Crippen LogP contribution in [0.1, 0.15) is 43.2 Å². The van der Waals surface area contributed by atoms with Gasteiger partial charge in [0.25, 0.3) is 5.91 Å². The Balaban J connectivity index is 1.77. The molecular weight excluding hydrogens is 320 g/mol. The fraction of sp³-hybridized carbons (Fsp3) is 0.667. The first-order valence-corrected chi connectivity index (χ1v) is 8.30. The number of rotatable bonds is 3. The molecule has 1 aromatic heterocycles. The zero-order valence-corrected chi connectivity index (χ0v) is 13.4. The predicted octanol–water partition coefficient (Wildman–Crippen LogP) is 3.13. The largest absolute Gasteiger partial charge is 0.444 e. The molecule has 4 nitrogen and oxygen atoms in total. The van der Waals surface area contributed by atoms with Gasteiger partial charge in [-0.3, -0.25) is 9.69 Å². The van der Waals surface area contributed by atoms with Crippen LogP contribution < -0.4 is 0 Å². The van der Waals surface area contributed by atoms with Gasteiger partial charge in [0.2, 0.25) is 0 Å². The molecule has 2 aliphatic heterocycles. The van der Waals surface area contributed by atoms with Crippen LogP contribution in [0, 0.1) is 0 Å². The minimum Gasteiger partial charge on any atom is -0.444 e. The van der Waals surface area contributed by atoms with Crippen molar-refractivity contribution in [1.29, 1.82) is 0 Å². The first-order valence-electron chi connectivity index (χ1n) is 7.51. The van der Waals surface area contributed by atoms with Crippen LogP contribution in [0.15, 0.2) is 21.2 Å². The van der Waals surface area contributed by atoms with Gasteiger partial charge in [0.15, 0.2) is 10.4 Å². The Kier molecular flexibility index (Phi) is 4.17. The molecule has 0 bridgehead atoms. The van der Waals surface area contributed by atoms with E-state index in [1.54, 1.807) is 12.1 Å². The summed E-state index contributed by atoms with van der Waals surface area (Å²) in [6.45, 7) is 5.32. The standard InChI is InChI=1S/C15H21BrN2O2/c1-2-17-9-3-5-11(17)12-6-4-10-18(12)15(19)13-7-8-14(16)20-13/h7-8,11-12H,2-6,9-10H2,1H3. The van der Waals surface area contributed by atoms with Crippen molar-refractivity contribution in [3.63, 3.8) is 0 Å². The molecule has 110 valence electrons. The van der Waals surface area contributed by atoms with E-state index in [4.69, 9.17) is 4.42 Å². The monoisotopic (exact) mass is 340 g/mol. The summed E-state index contributed by atoms with van der Waals surface area (Å²) in [4.78, 5) is 17.2. The molecule has 0 radical (unpaired) electrons. The predicted molar refractivity (Wildman–Crippen MR) is 80.7 cm³/mol. The van der Waals surface area contributed by atoms with Crippen molar-refractivity contribution in [1.82, 2.24) is 9.80 Å². The first-order chi connectivity index (χ1) is 9.70. The molecule has 2 saturated heterocycles. The maximum absolute atomic E-state index is 12.6. The summed E-state index contributed by atoms with van der Waals surface area (Å²) in [6, 6.07) is 4.43. The molecule has 2 aliphatic rings. The van der Waals surface area contributed by atoms with Crippen LogP contribution in [-0.4, -0.2) is 47.4 Å². The van der Waals surface area contributed by atoms with Crippen LogP contribution in [0.25, 0.3) is 0 Å². The van der Waals surface area contributed by atoms with E-state index in [2.05, 4.69) is 27.8 Å². The van der Waals surface area contributed by atoms with Gasteiger partial charge < -0.3 is 9.32 Å². The number of carbonyl (C=O) groups is 1. The minimum atomic E-state index is 0.0427. The van der Waals surface area contributed by atoms with Crippen LogP contribution in [-0.2, 0) is 0 Å². The van der Waals surface area contributed by atoms with Gasteiger partial charge in [-0.05, 0) is 66.8 Å². The summed E-state index contributed by atoms with van der Waals surface area (Å²) in [5.41, 5.74) is 0. The fourth-order valence-electron chi connectivity index (χ4n) is 3.70. The number of hydrogen-bond acceptors (Lipinski definition) is 3. The zero-order valence-electron chi connectivity index (χ0n) is 11.8. The number of carbonyl (C=O) groups excluding carboxylic acids is 1. The van der Waals surface area contributed by atoms with E-state index in [-0.39, 0.29) is 5.91 Å². The van der Waals surface area contributed by atoms with Gasteiger partial charge >= 0.3 is 0 Å². The third-order valence-electron chi connectivity index (χ3n) is 4.61. The Labute approximate surface area is 128 Å². The number of likely N-dealkylation sites (tertiary alicyclic amines) is 2. The van der Waals surface area contributed by atoms with E-state index < -0.39 is 0 Å². The number of nitrogens with zero attached hydrogens (tertiary/aromatic N) is 2. The molecular formula is C15H21BrN2O2. The molecule has 2 fully saturated rings. The molecule has 20 heavy (non-hydrogen) atoms. The van der Waals surface area contributed by atoms with Crippen molar-refractivity contribution in [3.8, 4) is 0 Å². The SMILES string of the molecule is CCN1CCCC1C1CCCN1C(=O)c1ccc(Br)o1. The second-order valence-electron chi connectivity index (χ2n) is 5.65. The van der Waals surface area contributed by atoms with Crippen molar-refractivity contribution < 1.29 is 9.21 Å². The molecule has 2 unspecified atom stereocenters. The highest BCUT2D eigenvalue weighted by atomic mass is 79.9. The van der Waals surface area contributed by atoms with Crippen molar-refractivity contribution >= 4 is 21.8 Å². The van der Waals surface area contributed by atoms with Crippen molar-refractivity contribution in [3.05, 3.63) is 22.6 Å². The summed E-state index contributed by atoms with van der Waals surface area (Å²) >= 11 is 3.27. The quantitative estimate of drug-likeness (QED) is 0.848. The maximum Gasteiger partial charge on any atom is 0.289 e. The van der Waals surface area contributed by atoms with E-state index in [1.807, 2.05) is 4.90 Å². The Bertz CT molecular complexity index is 488. The van der Waals surface area contributed by atoms with E-state index in [9.17, 15) is 4.79 Å². The van der Waals surface area contributed by atoms with Crippen molar-refractivity contribution in [2.45, 2.75) is 44.7 Å². The molecule has 5 heteroatoms. The van der Waals surface area contributed by atoms with E-state index >= 15 is 0 Å². The van der Waals surface area contributed by atoms with Gasteiger partial charge in [-0.1, -0.05) is 6.92 Å². The maximum atomic E-state index is 12.6. The first kappa shape index (κ1) is 14.1. The van der Waals surface area contributed by atoms with Crippen molar-refractivity contribution in [2.24, 2.45) is 0 Å². The summed E-state index contributed by atoms with van der Waals surface area (Å²) in [7, 11) is 0. The molecule has 2 atom stereocenters. The summed E-state index contributed by atoms with van der Waals surface area (Å²) in [6.07, 6.45) is 4.69. The molecule has 1 aromatic rings. The molecule has 1 amide bonds. The highest BCUT2D eigenvalue weighted by Crippen LogP contribution is 2.31. The van der Waals surface area contributed by atoms with Gasteiger partial charge in [-0.2, -0.15) is 0 Å². The normalized spacial score (nSPS) is 27.4. The molecule has 0 spiro atoms. The average molecular weight is 341 g/mol. The van der Waals surface area contributed by atoms with Gasteiger partial charge in [0.05, 0.1) is 0 Å². The lowest BCUT2D eigenvalue weighted by molar-refractivity contribution is 0.0617. The van der Waals surface area contributed by atoms with Gasteiger partial charge in [0.1, 0.15) is 0 Å². The van der Waals surface area contributed by atoms with Gasteiger partial charge in [0, 0.05) is 18.6 Å². The Morgan fingerprint density at radius 2 is 2.05 bits per heavy atom. The second kappa shape index (κ2) is 5.90. The van der Waals surface area contributed by atoms with Crippen LogP contribution in [0.5, 0.6) is 0 Å². The number of likely N-dealkylation sites (N-methyl/N-ethyl adjacent to an activating group) is 1. The summed E-state index contributed by atoms with van der Waals surface area (Å²) in [5.74, 6) is 0.492. The lowest BCUT2D eigenvalue weighted by Gasteiger charge is -2.34. The fourth-order valence-corrected chi connectivity index (χ4v) is 4.00. The highest BCUT2D eigenvalue weighted by Gasteiger charge is 2.39. The van der Waals surface area contributed by atoms with Crippen molar-refractivity contribution in [2.75, 3.05) is 19.6 Å². The summed E-state index contributed by atoms with van der Waals surface area (Å²) < 4.78 is 6.05. The van der Waals surface area contributed by atoms with Crippen LogP contribution >= 0.6 is 15.9 Å². The Morgan fingerprint density at radius 3 is 2.75 bits per heavy atom. The molecule has 0 N–H and O–H groups in total. The van der Waals surface area contributed by atoms with E-state index in [0.717, 1.165) is 25.9 Å². The van der Waals surface area contributed by atoms with Crippen LogP contribution in [0.4, 0.5) is 0 Å². The van der Waals surface area contributed by atoms with Gasteiger partial charge in [-0.15, -0.1) is 0 Å². The second-order valence-corrected chi connectivity index (χ2v) is 6.43. The molecule has 0 saturated carbocycles. The number of amides is 1. The lowest BCUT2D eigenvalue weighted by atomic mass is 10.0. The van der Waals surface area contributed by atoms with Crippen LogP contribution in [0.2, 0.25) is 0 Å². The highest BCUT2D eigenvalue weighted by molar-refractivity contribution is 9.10. The van der Waals surface area contributed by atoms with E-state index in [0.29, 0.717) is 22.5 Å².